The van der Waals surface area contributed by atoms with Gasteiger partial charge in [0.2, 0.25) is 10.0 Å². The SMILES string of the molecule is COc1ccc(CCNC(=O)c2ccc3c(c2)CC(C)N3S(C)(=O)=O)cc1. The highest BCUT2D eigenvalue weighted by Gasteiger charge is 2.32. The topological polar surface area (TPSA) is 75.7 Å². The van der Waals surface area contributed by atoms with Gasteiger partial charge in [-0.3, -0.25) is 9.10 Å². The van der Waals surface area contributed by atoms with E-state index in [9.17, 15) is 13.2 Å². The Morgan fingerprint density at radius 2 is 1.93 bits per heavy atom. The van der Waals surface area contributed by atoms with Crippen LogP contribution in [-0.2, 0) is 22.9 Å². The van der Waals surface area contributed by atoms with Crippen LogP contribution in [0.2, 0.25) is 0 Å². The molecular formula is C20H24N2O4S. The lowest BCUT2D eigenvalue weighted by molar-refractivity contribution is 0.0954. The molecule has 27 heavy (non-hydrogen) atoms. The van der Waals surface area contributed by atoms with Crippen molar-refractivity contribution in [3.8, 4) is 5.75 Å². The fourth-order valence-electron chi connectivity index (χ4n) is 3.46. The molecule has 1 unspecified atom stereocenters. The molecule has 6 nitrogen and oxygen atoms in total. The molecule has 2 aromatic carbocycles. The zero-order valence-electron chi connectivity index (χ0n) is 15.7. The van der Waals surface area contributed by atoms with E-state index in [1.165, 1.54) is 10.6 Å². The summed E-state index contributed by atoms with van der Waals surface area (Å²) in [6.07, 6.45) is 2.54. The second-order valence-electron chi connectivity index (χ2n) is 6.81. The minimum Gasteiger partial charge on any atom is -0.497 e. The number of hydrogen-bond donors (Lipinski definition) is 1. The lowest BCUT2D eigenvalue weighted by Gasteiger charge is -2.21. The Bertz CT molecular complexity index is 939. The number of ether oxygens (including phenoxy) is 1. The molecular weight excluding hydrogens is 364 g/mol. The van der Waals surface area contributed by atoms with Crippen molar-refractivity contribution in [1.29, 1.82) is 0 Å². The number of benzene rings is 2. The summed E-state index contributed by atoms with van der Waals surface area (Å²) in [6.45, 7) is 2.39. The summed E-state index contributed by atoms with van der Waals surface area (Å²) < 4.78 is 30.5. The fraction of sp³-hybridized carbons (Fsp3) is 0.350. The van der Waals surface area contributed by atoms with Crippen LogP contribution in [0.25, 0.3) is 0 Å². The molecule has 0 fully saturated rings. The van der Waals surface area contributed by atoms with Gasteiger partial charge in [-0.25, -0.2) is 8.42 Å². The van der Waals surface area contributed by atoms with Gasteiger partial charge in [-0.05, 0) is 61.2 Å². The van der Waals surface area contributed by atoms with Crippen LogP contribution in [0.15, 0.2) is 42.5 Å². The summed E-state index contributed by atoms with van der Waals surface area (Å²) >= 11 is 0. The third-order valence-corrected chi connectivity index (χ3v) is 5.98. The molecule has 0 radical (unpaired) electrons. The highest BCUT2D eigenvalue weighted by molar-refractivity contribution is 7.92. The van der Waals surface area contributed by atoms with Crippen molar-refractivity contribution in [2.45, 2.75) is 25.8 Å². The van der Waals surface area contributed by atoms with Crippen LogP contribution in [0.1, 0.15) is 28.4 Å². The minimum atomic E-state index is -3.32. The van der Waals surface area contributed by atoms with Crippen molar-refractivity contribution in [3.63, 3.8) is 0 Å². The summed E-state index contributed by atoms with van der Waals surface area (Å²) in [6, 6.07) is 12.8. The first-order chi connectivity index (χ1) is 12.8. The smallest absolute Gasteiger partial charge is 0.251 e. The van der Waals surface area contributed by atoms with Gasteiger partial charge < -0.3 is 10.1 Å². The molecule has 0 bridgehead atoms. The number of hydrogen-bond acceptors (Lipinski definition) is 4. The average Bonchev–Trinajstić information content (AvgIpc) is 2.97. The molecule has 144 valence electrons. The maximum atomic E-state index is 12.4. The predicted octanol–water partition coefficient (Wildman–Crippen LogP) is 2.38. The third-order valence-electron chi connectivity index (χ3n) is 4.71. The van der Waals surface area contributed by atoms with E-state index in [1.54, 1.807) is 25.3 Å². The zero-order valence-corrected chi connectivity index (χ0v) is 16.5. The molecule has 1 N–H and O–H groups in total. The molecule has 7 heteroatoms. The second kappa shape index (κ2) is 7.60. The summed E-state index contributed by atoms with van der Waals surface area (Å²) in [5, 5.41) is 2.92. The number of rotatable bonds is 6. The van der Waals surface area contributed by atoms with Crippen molar-refractivity contribution in [2.24, 2.45) is 0 Å². The Morgan fingerprint density at radius 3 is 2.56 bits per heavy atom. The lowest BCUT2D eigenvalue weighted by Crippen LogP contribution is -2.34. The van der Waals surface area contributed by atoms with E-state index in [0.29, 0.717) is 24.2 Å². The van der Waals surface area contributed by atoms with Gasteiger partial charge in [0.1, 0.15) is 5.75 Å². The highest BCUT2D eigenvalue weighted by atomic mass is 32.2. The van der Waals surface area contributed by atoms with Gasteiger partial charge in [-0.15, -0.1) is 0 Å². The van der Waals surface area contributed by atoms with E-state index >= 15 is 0 Å². The molecule has 0 aliphatic carbocycles. The molecule has 1 amide bonds. The van der Waals surface area contributed by atoms with E-state index in [0.717, 1.165) is 23.3 Å². The third kappa shape index (κ3) is 4.24. The Kier molecular flexibility index (Phi) is 5.41. The largest absolute Gasteiger partial charge is 0.497 e. The van der Waals surface area contributed by atoms with Crippen LogP contribution in [0.5, 0.6) is 5.75 Å². The van der Waals surface area contributed by atoms with E-state index < -0.39 is 10.0 Å². The van der Waals surface area contributed by atoms with E-state index in [-0.39, 0.29) is 11.9 Å². The number of methoxy groups -OCH3 is 1. The Morgan fingerprint density at radius 1 is 1.22 bits per heavy atom. The first-order valence-corrected chi connectivity index (χ1v) is 10.7. The maximum absolute atomic E-state index is 12.4. The van der Waals surface area contributed by atoms with Crippen molar-refractivity contribution in [2.75, 3.05) is 24.2 Å². The van der Waals surface area contributed by atoms with Crippen molar-refractivity contribution in [3.05, 3.63) is 59.2 Å². The monoisotopic (exact) mass is 388 g/mol. The van der Waals surface area contributed by atoms with Gasteiger partial charge in [-0.1, -0.05) is 12.1 Å². The second-order valence-corrected chi connectivity index (χ2v) is 8.67. The van der Waals surface area contributed by atoms with Crippen LogP contribution < -0.4 is 14.4 Å². The molecule has 2 aromatic rings. The predicted molar refractivity (Wildman–Crippen MR) is 106 cm³/mol. The lowest BCUT2D eigenvalue weighted by atomic mass is 10.1. The van der Waals surface area contributed by atoms with Gasteiger partial charge in [0.25, 0.3) is 5.91 Å². The molecule has 0 saturated carbocycles. The molecule has 0 aromatic heterocycles. The summed E-state index contributed by atoms with van der Waals surface area (Å²) in [4.78, 5) is 12.4. The quantitative estimate of drug-likeness (QED) is 0.824. The van der Waals surface area contributed by atoms with Gasteiger partial charge in [0.15, 0.2) is 0 Å². The number of nitrogens with zero attached hydrogens (tertiary/aromatic N) is 1. The Hall–Kier alpha value is -2.54. The summed E-state index contributed by atoms with van der Waals surface area (Å²) in [5.41, 5.74) is 3.21. The molecule has 0 saturated heterocycles. The molecule has 1 aliphatic rings. The Labute approximate surface area is 160 Å². The van der Waals surface area contributed by atoms with Gasteiger partial charge >= 0.3 is 0 Å². The van der Waals surface area contributed by atoms with Crippen molar-refractivity contribution >= 4 is 21.6 Å². The molecule has 3 rings (SSSR count). The number of anilines is 1. The molecule has 1 heterocycles. The number of carbonyl (C=O) groups excluding carboxylic acids is 1. The van der Waals surface area contributed by atoms with Crippen molar-refractivity contribution in [1.82, 2.24) is 5.32 Å². The maximum Gasteiger partial charge on any atom is 0.251 e. The van der Waals surface area contributed by atoms with E-state index in [1.807, 2.05) is 31.2 Å². The van der Waals surface area contributed by atoms with Crippen LogP contribution in [0, 0.1) is 0 Å². The van der Waals surface area contributed by atoms with Gasteiger partial charge in [0, 0.05) is 18.2 Å². The summed E-state index contributed by atoms with van der Waals surface area (Å²) in [5.74, 6) is 0.648. The standard InChI is InChI=1S/C20H24N2O4S/c1-14-12-17-13-16(6-9-19(17)22(14)27(3,24)25)20(23)21-11-10-15-4-7-18(26-2)8-5-15/h4-9,13-14H,10-12H2,1-3H3,(H,21,23). The highest BCUT2D eigenvalue weighted by Crippen LogP contribution is 2.34. The van der Waals surface area contributed by atoms with Crippen LogP contribution in [0.3, 0.4) is 0 Å². The van der Waals surface area contributed by atoms with Crippen LogP contribution in [0.4, 0.5) is 5.69 Å². The average molecular weight is 388 g/mol. The number of carbonyl (C=O) groups is 1. The zero-order chi connectivity index (χ0) is 19.6. The number of nitrogens with one attached hydrogen (secondary N) is 1. The first-order valence-electron chi connectivity index (χ1n) is 8.83. The van der Waals surface area contributed by atoms with Crippen molar-refractivity contribution < 1.29 is 17.9 Å². The van der Waals surface area contributed by atoms with Crippen LogP contribution in [-0.4, -0.2) is 40.3 Å². The number of amides is 1. The normalized spacial score (nSPS) is 16.1. The first kappa shape index (κ1) is 19.2. The van der Waals surface area contributed by atoms with E-state index in [2.05, 4.69) is 5.32 Å². The molecule has 1 aliphatic heterocycles. The van der Waals surface area contributed by atoms with Crippen LogP contribution >= 0.6 is 0 Å². The van der Waals surface area contributed by atoms with E-state index in [4.69, 9.17) is 4.74 Å². The number of fused-ring (bicyclic) bond motifs is 1. The molecule has 1 atom stereocenters. The number of sulfonamides is 1. The fourth-order valence-corrected chi connectivity index (χ4v) is 4.73. The molecule has 0 spiro atoms. The van der Waals surface area contributed by atoms with Gasteiger partial charge in [-0.2, -0.15) is 0 Å². The van der Waals surface area contributed by atoms with Gasteiger partial charge in [0.05, 0.1) is 19.1 Å². The summed E-state index contributed by atoms with van der Waals surface area (Å²) in [7, 11) is -1.70. The minimum absolute atomic E-state index is 0.136. The Balaban J connectivity index is 1.63.